The molecule has 0 bridgehead atoms. The van der Waals surface area contributed by atoms with Crippen molar-refractivity contribution in [1.82, 2.24) is 0 Å². The number of halogens is 1. The molecule has 1 aliphatic carbocycles. The van der Waals surface area contributed by atoms with Crippen LogP contribution in [0.4, 0.5) is 5.69 Å². The Bertz CT molecular complexity index is 1020. The molecular weight excluding hydrogens is 422 g/mol. The predicted octanol–water partition coefficient (Wildman–Crippen LogP) is 4.96. The summed E-state index contributed by atoms with van der Waals surface area (Å²) >= 11 is 6.53. The molecule has 166 valence electrons. The van der Waals surface area contributed by atoms with Crippen LogP contribution in [0.3, 0.4) is 0 Å². The third kappa shape index (κ3) is 4.56. The molecule has 0 atom stereocenters. The van der Waals surface area contributed by atoms with Gasteiger partial charge in [0.15, 0.2) is 11.5 Å². The maximum Gasteiger partial charge on any atom is 0.397 e. The van der Waals surface area contributed by atoms with E-state index in [9.17, 15) is 14.7 Å². The number of benzene rings is 2. The van der Waals surface area contributed by atoms with Gasteiger partial charge in [-0.25, -0.2) is 4.79 Å². The normalized spacial score (nSPS) is 12.5. The summed E-state index contributed by atoms with van der Waals surface area (Å²) in [5.41, 5.74) is 2.86. The van der Waals surface area contributed by atoms with Gasteiger partial charge < -0.3 is 24.6 Å². The minimum Gasteiger partial charge on any atom is -0.508 e. The van der Waals surface area contributed by atoms with Gasteiger partial charge in [-0.05, 0) is 55.9 Å². The number of fused-ring (bicyclic) bond motifs is 1. The molecule has 0 spiro atoms. The van der Waals surface area contributed by atoms with Crippen molar-refractivity contribution in [2.45, 2.75) is 46.0 Å². The van der Waals surface area contributed by atoms with E-state index >= 15 is 0 Å². The van der Waals surface area contributed by atoms with Gasteiger partial charge in [0.25, 0.3) is 0 Å². The van der Waals surface area contributed by atoms with Crippen molar-refractivity contribution in [3.8, 4) is 23.0 Å². The van der Waals surface area contributed by atoms with Crippen LogP contribution < -0.4 is 14.8 Å². The molecular formula is C23H26ClNO6. The number of ether oxygens (including phenoxy) is 3. The van der Waals surface area contributed by atoms with E-state index in [1.54, 1.807) is 25.1 Å². The smallest absolute Gasteiger partial charge is 0.397 e. The number of rotatable bonds is 6. The number of phenols is 1. The lowest BCUT2D eigenvalue weighted by Gasteiger charge is -2.20. The SMILES string of the molecule is CCOC(=O)C(=O)Nc1cc(Cl)c(Oc2ccc(O)c(C(C)C)c2OC)c2c1CCC2. The fourth-order valence-electron chi connectivity index (χ4n) is 3.83. The van der Waals surface area contributed by atoms with E-state index in [-0.39, 0.29) is 18.3 Å². The minimum absolute atomic E-state index is 0.0140. The van der Waals surface area contributed by atoms with E-state index in [0.29, 0.717) is 46.4 Å². The zero-order chi connectivity index (χ0) is 22.7. The Balaban J connectivity index is 2.00. The van der Waals surface area contributed by atoms with Crippen LogP contribution in [0.25, 0.3) is 0 Å². The second-order valence-electron chi connectivity index (χ2n) is 7.51. The first-order valence-corrected chi connectivity index (χ1v) is 10.6. The largest absolute Gasteiger partial charge is 0.508 e. The van der Waals surface area contributed by atoms with Gasteiger partial charge in [-0.3, -0.25) is 4.79 Å². The van der Waals surface area contributed by atoms with E-state index in [1.807, 2.05) is 13.8 Å². The molecule has 0 saturated heterocycles. The van der Waals surface area contributed by atoms with Crippen molar-refractivity contribution in [2.75, 3.05) is 19.0 Å². The number of hydrogen-bond donors (Lipinski definition) is 2. The number of carbonyl (C=O) groups excluding carboxylic acids is 2. The van der Waals surface area contributed by atoms with E-state index in [2.05, 4.69) is 5.32 Å². The van der Waals surface area contributed by atoms with Crippen molar-refractivity contribution in [3.63, 3.8) is 0 Å². The summed E-state index contributed by atoms with van der Waals surface area (Å²) in [5, 5.41) is 13.2. The molecule has 1 aliphatic rings. The fourth-order valence-corrected chi connectivity index (χ4v) is 4.10. The number of nitrogens with one attached hydrogen (secondary N) is 1. The lowest BCUT2D eigenvalue weighted by Crippen LogP contribution is -2.25. The second-order valence-corrected chi connectivity index (χ2v) is 7.91. The molecule has 2 N–H and O–H groups in total. The maximum atomic E-state index is 12.1. The number of anilines is 1. The Kier molecular flexibility index (Phi) is 6.95. The molecule has 8 heteroatoms. The molecule has 0 heterocycles. The topological polar surface area (TPSA) is 94.1 Å². The van der Waals surface area contributed by atoms with Crippen molar-refractivity contribution in [2.24, 2.45) is 0 Å². The van der Waals surface area contributed by atoms with Crippen LogP contribution in [0.5, 0.6) is 23.0 Å². The number of hydrogen-bond acceptors (Lipinski definition) is 6. The average Bonchev–Trinajstić information content (AvgIpc) is 3.21. The second kappa shape index (κ2) is 9.47. The van der Waals surface area contributed by atoms with Gasteiger partial charge in [0, 0.05) is 16.8 Å². The van der Waals surface area contributed by atoms with Crippen molar-refractivity contribution in [3.05, 3.63) is 39.9 Å². The molecule has 2 aromatic carbocycles. The van der Waals surface area contributed by atoms with Crippen LogP contribution in [-0.2, 0) is 27.2 Å². The van der Waals surface area contributed by atoms with Crippen molar-refractivity contribution in [1.29, 1.82) is 0 Å². The van der Waals surface area contributed by atoms with Crippen LogP contribution in [-0.4, -0.2) is 30.7 Å². The summed E-state index contributed by atoms with van der Waals surface area (Å²) in [6.07, 6.45) is 2.29. The Hall–Kier alpha value is -2.93. The molecule has 0 radical (unpaired) electrons. The molecule has 7 nitrogen and oxygen atoms in total. The van der Waals surface area contributed by atoms with E-state index < -0.39 is 11.9 Å². The number of esters is 1. The summed E-state index contributed by atoms with van der Waals surface area (Å²) in [5.74, 6) is -0.293. The fraction of sp³-hybridized carbons (Fsp3) is 0.391. The molecule has 0 fully saturated rings. The Labute approximate surface area is 186 Å². The highest BCUT2D eigenvalue weighted by Gasteiger charge is 2.27. The summed E-state index contributed by atoms with van der Waals surface area (Å²) in [4.78, 5) is 23.8. The van der Waals surface area contributed by atoms with Gasteiger partial charge in [0.1, 0.15) is 11.5 Å². The Morgan fingerprint density at radius 2 is 1.90 bits per heavy atom. The average molecular weight is 448 g/mol. The first-order chi connectivity index (χ1) is 14.8. The minimum atomic E-state index is -0.944. The van der Waals surface area contributed by atoms with Crippen molar-refractivity contribution >= 4 is 29.2 Å². The van der Waals surface area contributed by atoms with Crippen LogP contribution in [0, 0.1) is 0 Å². The van der Waals surface area contributed by atoms with Gasteiger partial charge in [0.05, 0.1) is 18.7 Å². The lowest BCUT2D eigenvalue weighted by atomic mass is 10.0. The van der Waals surface area contributed by atoms with Crippen LogP contribution >= 0.6 is 11.6 Å². The van der Waals surface area contributed by atoms with Gasteiger partial charge >= 0.3 is 11.9 Å². The van der Waals surface area contributed by atoms with Gasteiger partial charge in [-0.1, -0.05) is 25.4 Å². The standard InChI is InChI=1S/C23H26ClNO6/c1-5-30-23(28)22(27)25-16-11-15(24)20(14-8-6-7-13(14)16)31-18-10-9-17(26)19(12(2)3)21(18)29-4/h9-12,26H,5-8H2,1-4H3,(H,25,27). The zero-order valence-corrected chi connectivity index (χ0v) is 18.8. The lowest BCUT2D eigenvalue weighted by molar-refractivity contribution is -0.152. The highest BCUT2D eigenvalue weighted by molar-refractivity contribution is 6.38. The van der Waals surface area contributed by atoms with Crippen LogP contribution in [0.1, 0.15) is 49.8 Å². The summed E-state index contributed by atoms with van der Waals surface area (Å²) in [6, 6.07) is 4.78. The Morgan fingerprint density at radius 1 is 1.19 bits per heavy atom. The molecule has 0 aromatic heterocycles. The van der Waals surface area contributed by atoms with Crippen molar-refractivity contribution < 1.29 is 28.9 Å². The van der Waals surface area contributed by atoms with E-state index in [0.717, 1.165) is 17.5 Å². The van der Waals surface area contributed by atoms with Gasteiger partial charge in [0.2, 0.25) is 0 Å². The molecule has 1 amide bonds. The molecule has 0 unspecified atom stereocenters. The number of methoxy groups -OCH3 is 1. The molecule has 0 aliphatic heterocycles. The maximum absolute atomic E-state index is 12.1. The van der Waals surface area contributed by atoms with Crippen LogP contribution in [0.15, 0.2) is 18.2 Å². The Morgan fingerprint density at radius 3 is 2.55 bits per heavy atom. The molecule has 3 rings (SSSR count). The van der Waals surface area contributed by atoms with Gasteiger partial charge in [-0.2, -0.15) is 0 Å². The summed E-state index contributed by atoms with van der Waals surface area (Å²) in [7, 11) is 1.52. The molecule has 0 saturated carbocycles. The molecule has 31 heavy (non-hydrogen) atoms. The highest BCUT2D eigenvalue weighted by Crippen LogP contribution is 2.47. The first-order valence-electron chi connectivity index (χ1n) is 10.2. The molecule has 2 aromatic rings. The number of carbonyl (C=O) groups is 2. The summed E-state index contributed by atoms with van der Waals surface area (Å²) in [6.45, 7) is 5.65. The van der Waals surface area contributed by atoms with Crippen LogP contribution in [0.2, 0.25) is 5.02 Å². The first kappa shape index (κ1) is 22.7. The quantitative estimate of drug-likeness (QED) is 0.480. The zero-order valence-electron chi connectivity index (χ0n) is 18.0. The van der Waals surface area contributed by atoms with Gasteiger partial charge in [-0.15, -0.1) is 0 Å². The number of aromatic hydroxyl groups is 1. The van der Waals surface area contributed by atoms with E-state index in [4.69, 9.17) is 25.8 Å². The van der Waals surface area contributed by atoms with E-state index in [1.165, 1.54) is 7.11 Å². The summed E-state index contributed by atoms with van der Waals surface area (Å²) < 4.78 is 16.5. The number of phenolic OH excluding ortho intramolecular Hbond substituents is 1. The monoisotopic (exact) mass is 447 g/mol. The third-order valence-electron chi connectivity index (χ3n) is 5.14. The highest BCUT2D eigenvalue weighted by atomic mass is 35.5. The predicted molar refractivity (Wildman–Crippen MR) is 118 cm³/mol. The third-order valence-corrected chi connectivity index (χ3v) is 5.43. The number of amides is 1.